The Bertz CT molecular complexity index is 1460. The van der Waals surface area contributed by atoms with E-state index >= 15 is 0 Å². The van der Waals surface area contributed by atoms with Gasteiger partial charge in [-0.15, -0.1) is 0 Å². The molecule has 0 bridgehead atoms. The van der Waals surface area contributed by atoms with E-state index < -0.39 is 22.5 Å². The van der Waals surface area contributed by atoms with Crippen LogP contribution in [0, 0.1) is 11.3 Å². The summed E-state index contributed by atoms with van der Waals surface area (Å²) in [6.07, 6.45) is -4.50. The van der Waals surface area contributed by atoms with E-state index in [-0.39, 0.29) is 33.7 Å². The zero-order valence-electron chi connectivity index (χ0n) is 18.3. The smallest absolute Gasteiger partial charge is 0.416 e. The number of methoxy groups -OCH3 is 1. The van der Waals surface area contributed by atoms with Gasteiger partial charge in [0.1, 0.15) is 17.4 Å². The quantitative estimate of drug-likeness (QED) is 0.283. The summed E-state index contributed by atoms with van der Waals surface area (Å²) in [5.41, 5.74) is -0.681. The highest BCUT2D eigenvalue weighted by atomic mass is 32.2. The Morgan fingerprint density at radius 2 is 1.89 bits per heavy atom. The van der Waals surface area contributed by atoms with Crippen LogP contribution in [0.5, 0.6) is 5.75 Å². The van der Waals surface area contributed by atoms with Crippen LogP contribution in [0.2, 0.25) is 0 Å². The lowest BCUT2D eigenvalue weighted by Crippen LogP contribution is -2.15. The van der Waals surface area contributed by atoms with Crippen LogP contribution in [0.1, 0.15) is 29.2 Å². The maximum Gasteiger partial charge on any atom is 0.416 e. The normalized spacial score (nSPS) is 12.2. The molecule has 0 fully saturated rings. The van der Waals surface area contributed by atoms with Gasteiger partial charge in [-0.2, -0.15) is 23.4 Å². The lowest BCUT2D eigenvalue weighted by Gasteiger charge is -2.09. The third-order valence-electron chi connectivity index (χ3n) is 4.90. The maximum absolute atomic E-state index is 13.0. The van der Waals surface area contributed by atoms with E-state index in [1.54, 1.807) is 31.2 Å². The van der Waals surface area contributed by atoms with Crippen LogP contribution in [0.4, 0.5) is 13.2 Å². The van der Waals surface area contributed by atoms with Crippen molar-refractivity contribution >= 4 is 11.8 Å². The first-order chi connectivity index (χ1) is 16.7. The highest BCUT2D eigenvalue weighted by Crippen LogP contribution is 2.35. The molecule has 1 unspecified atom stereocenters. The highest BCUT2D eigenvalue weighted by Gasteiger charge is 2.31. The first kappa shape index (κ1) is 24.0. The lowest BCUT2D eigenvalue weighted by molar-refractivity contribution is -0.137. The first-order valence-electron chi connectivity index (χ1n) is 10.1. The van der Waals surface area contributed by atoms with Gasteiger partial charge < -0.3 is 14.2 Å². The second-order valence-corrected chi connectivity index (χ2v) is 8.56. The van der Waals surface area contributed by atoms with Crippen LogP contribution in [0.25, 0.3) is 22.6 Å². The Morgan fingerprint density at radius 3 is 2.54 bits per heavy atom. The molecule has 0 aliphatic carbocycles. The number of aromatic amines is 1. The van der Waals surface area contributed by atoms with Crippen LogP contribution in [-0.4, -0.2) is 27.2 Å². The molecule has 2 heterocycles. The molecule has 0 saturated heterocycles. The molecule has 2 aromatic carbocycles. The number of hydrogen-bond donors (Lipinski definition) is 1. The number of rotatable bonds is 6. The minimum atomic E-state index is -4.50. The van der Waals surface area contributed by atoms with Crippen LogP contribution in [0.15, 0.2) is 63.0 Å². The molecule has 0 spiro atoms. The SMILES string of the molecule is COc1ccc(-c2nc(SC(C)c3nc(-c4cccc(C(F)(F)F)c4)no3)[nH]c(=O)c2C#N)cc1. The minimum absolute atomic E-state index is 0.00115. The zero-order chi connectivity index (χ0) is 25.2. The van der Waals surface area contributed by atoms with E-state index in [0.29, 0.717) is 11.3 Å². The number of nitriles is 1. The number of alkyl halides is 3. The van der Waals surface area contributed by atoms with Crippen molar-refractivity contribution in [3.8, 4) is 34.5 Å². The first-order valence-corrected chi connectivity index (χ1v) is 10.9. The largest absolute Gasteiger partial charge is 0.497 e. The molecule has 4 rings (SSSR count). The molecular weight excluding hydrogens is 483 g/mol. The third-order valence-corrected chi connectivity index (χ3v) is 5.87. The Kier molecular flexibility index (Phi) is 6.61. The molecule has 12 heteroatoms. The Balaban J connectivity index is 1.61. The van der Waals surface area contributed by atoms with Gasteiger partial charge in [-0.25, -0.2) is 4.98 Å². The number of nitrogens with zero attached hydrogens (tertiary/aromatic N) is 4. The fourth-order valence-electron chi connectivity index (χ4n) is 3.14. The van der Waals surface area contributed by atoms with E-state index in [9.17, 15) is 23.2 Å². The number of benzene rings is 2. The predicted octanol–water partition coefficient (Wildman–Crippen LogP) is 5.24. The number of H-pyrrole nitrogens is 1. The van der Waals surface area contributed by atoms with Crippen molar-refractivity contribution in [2.75, 3.05) is 7.11 Å². The van der Waals surface area contributed by atoms with Crippen molar-refractivity contribution < 1.29 is 22.4 Å². The third kappa shape index (κ3) is 5.20. The van der Waals surface area contributed by atoms with Crippen LogP contribution in [-0.2, 0) is 6.18 Å². The van der Waals surface area contributed by atoms with Gasteiger partial charge in [-0.3, -0.25) is 4.79 Å². The van der Waals surface area contributed by atoms with E-state index in [1.165, 1.54) is 19.2 Å². The average molecular weight is 499 g/mol. The summed E-state index contributed by atoms with van der Waals surface area (Å²) < 4.78 is 49.4. The second-order valence-electron chi connectivity index (χ2n) is 7.23. The molecule has 35 heavy (non-hydrogen) atoms. The van der Waals surface area contributed by atoms with E-state index in [0.717, 1.165) is 23.9 Å². The van der Waals surface area contributed by atoms with Crippen molar-refractivity contribution in [3.05, 3.63) is 75.9 Å². The Hall–Kier alpha value is -4.11. The van der Waals surface area contributed by atoms with E-state index in [1.807, 2.05) is 6.07 Å². The summed E-state index contributed by atoms with van der Waals surface area (Å²) in [5.74, 6) is 0.729. The van der Waals surface area contributed by atoms with Gasteiger partial charge in [-0.05, 0) is 43.3 Å². The molecule has 4 aromatic rings. The minimum Gasteiger partial charge on any atom is -0.497 e. The number of nitrogens with one attached hydrogen (secondary N) is 1. The fraction of sp³-hybridized carbons (Fsp3) is 0.174. The molecule has 1 N–H and O–H groups in total. The van der Waals surface area contributed by atoms with Crippen molar-refractivity contribution in [1.82, 2.24) is 20.1 Å². The molecule has 178 valence electrons. The number of thioether (sulfide) groups is 1. The van der Waals surface area contributed by atoms with Gasteiger partial charge in [0, 0.05) is 11.1 Å². The summed E-state index contributed by atoms with van der Waals surface area (Å²) in [5, 5.41) is 12.9. The monoisotopic (exact) mass is 499 g/mol. The molecule has 0 saturated carbocycles. The Labute approximate surface area is 200 Å². The summed E-state index contributed by atoms with van der Waals surface area (Å²) >= 11 is 1.09. The number of aromatic nitrogens is 4. The van der Waals surface area contributed by atoms with Crippen molar-refractivity contribution in [1.29, 1.82) is 5.26 Å². The standard InChI is InChI=1S/C23H16F3N5O3S/c1-12(21-29-19(31-34-21)14-4-3-5-15(10-14)23(24,25)26)35-22-28-18(17(11-27)20(32)30-22)13-6-8-16(33-2)9-7-13/h3-10,12H,1-2H3,(H,28,30,32). The van der Waals surface area contributed by atoms with Gasteiger partial charge in [0.25, 0.3) is 5.56 Å². The summed E-state index contributed by atoms with van der Waals surface area (Å²) in [6, 6.07) is 13.2. The molecule has 1 atom stereocenters. The summed E-state index contributed by atoms with van der Waals surface area (Å²) in [6.45, 7) is 1.71. The summed E-state index contributed by atoms with van der Waals surface area (Å²) in [7, 11) is 1.52. The highest BCUT2D eigenvalue weighted by molar-refractivity contribution is 7.99. The molecule has 8 nitrogen and oxygen atoms in total. The molecule has 0 aliphatic heterocycles. The Morgan fingerprint density at radius 1 is 1.14 bits per heavy atom. The van der Waals surface area contributed by atoms with Gasteiger partial charge in [0.05, 0.1) is 23.6 Å². The second kappa shape index (κ2) is 9.63. The molecule has 0 amide bonds. The van der Waals surface area contributed by atoms with Gasteiger partial charge in [0.2, 0.25) is 11.7 Å². The van der Waals surface area contributed by atoms with E-state index in [2.05, 4.69) is 20.1 Å². The topological polar surface area (TPSA) is 118 Å². The van der Waals surface area contributed by atoms with Crippen molar-refractivity contribution in [2.45, 2.75) is 23.5 Å². The maximum atomic E-state index is 13.0. The molecule has 0 aliphatic rings. The van der Waals surface area contributed by atoms with E-state index in [4.69, 9.17) is 9.26 Å². The average Bonchev–Trinajstić information content (AvgIpc) is 3.34. The van der Waals surface area contributed by atoms with Gasteiger partial charge >= 0.3 is 6.18 Å². The van der Waals surface area contributed by atoms with Crippen LogP contribution in [0.3, 0.4) is 0 Å². The summed E-state index contributed by atoms with van der Waals surface area (Å²) in [4.78, 5) is 23.7. The molecular formula is C23H16F3N5O3S. The molecule has 0 radical (unpaired) electrons. The van der Waals surface area contributed by atoms with Gasteiger partial charge in [-0.1, -0.05) is 29.1 Å². The number of hydrogen-bond acceptors (Lipinski definition) is 8. The predicted molar refractivity (Wildman–Crippen MR) is 121 cm³/mol. The van der Waals surface area contributed by atoms with Crippen molar-refractivity contribution in [2.24, 2.45) is 0 Å². The zero-order valence-corrected chi connectivity index (χ0v) is 19.1. The lowest BCUT2D eigenvalue weighted by atomic mass is 10.1. The molecule has 2 aromatic heterocycles. The van der Waals surface area contributed by atoms with Gasteiger partial charge in [0.15, 0.2) is 5.16 Å². The number of halogens is 3. The van der Waals surface area contributed by atoms with Crippen molar-refractivity contribution in [3.63, 3.8) is 0 Å². The van der Waals surface area contributed by atoms with Crippen LogP contribution >= 0.6 is 11.8 Å². The fourth-order valence-corrected chi connectivity index (χ4v) is 3.97. The van der Waals surface area contributed by atoms with Crippen LogP contribution < -0.4 is 10.3 Å². The number of ether oxygens (including phenoxy) is 1.